The summed E-state index contributed by atoms with van der Waals surface area (Å²) in [5, 5.41) is 23.6. The minimum Gasteiger partial charge on any atom is -0.508 e. The molecule has 0 aromatic heterocycles. The van der Waals surface area contributed by atoms with Crippen molar-refractivity contribution in [2.24, 2.45) is 0 Å². The lowest BCUT2D eigenvalue weighted by atomic mass is 10.1. The number of halogens is 1. The molecule has 0 unspecified atom stereocenters. The third kappa shape index (κ3) is 4.44. The molecule has 0 spiro atoms. The highest BCUT2D eigenvalue weighted by Gasteiger charge is 2.09. The van der Waals surface area contributed by atoms with E-state index in [-0.39, 0.29) is 11.4 Å². The van der Waals surface area contributed by atoms with Gasteiger partial charge < -0.3 is 10.4 Å². The summed E-state index contributed by atoms with van der Waals surface area (Å²) in [7, 11) is 0. The standard InChI is InChI=1S/C15H15ClN2O3/c16-15-6-3-13(18(20)21)9-12(15)10-17-8-7-11-1-4-14(19)5-2-11/h1-6,9,17,19H,7-8,10H2. The van der Waals surface area contributed by atoms with Crippen molar-refractivity contribution in [1.82, 2.24) is 5.32 Å². The fourth-order valence-corrected chi connectivity index (χ4v) is 2.11. The lowest BCUT2D eigenvalue weighted by Crippen LogP contribution is -2.17. The van der Waals surface area contributed by atoms with E-state index < -0.39 is 4.92 Å². The Morgan fingerprint density at radius 1 is 1.19 bits per heavy atom. The number of nitro groups is 1. The first-order chi connectivity index (χ1) is 10.1. The zero-order valence-electron chi connectivity index (χ0n) is 11.3. The zero-order chi connectivity index (χ0) is 15.2. The van der Waals surface area contributed by atoms with Crippen molar-refractivity contribution in [3.05, 3.63) is 68.7 Å². The van der Waals surface area contributed by atoms with Crippen LogP contribution in [-0.4, -0.2) is 16.6 Å². The van der Waals surface area contributed by atoms with Crippen LogP contribution >= 0.6 is 11.6 Å². The van der Waals surface area contributed by atoms with E-state index in [9.17, 15) is 15.2 Å². The Kier molecular flexibility index (Phi) is 5.14. The quantitative estimate of drug-likeness (QED) is 0.488. The van der Waals surface area contributed by atoms with Crippen LogP contribution in [0.4, 0.5) is 5.69 Å². The smallest absolute Gasteiger partial charge is 0.269 e. The highest BCUT2D eigenvalue weighted by molar-refractivity contribution is 6.31. The van der Waals surface area contributed by atoms with Gasteiger partial charge in [0.15, 0.2) is 0 Å². The van der Waals surface area contributed by atoms with Crippen LogP contribution in [0.1, 0.15) is 11.1 Å². The molecule has 2 N–H and O–H groups in total. The van der Waals surface area contributed by atoms with Crippen LogP contribution in [0.3, 0.4) is 0 Å². The average molecular weight is 307 g/mol. The number of nitro benzene ring substituents is 1. The highest BCUT2D eigenvalue weighted by Crippen LogP contribution is 2.21. The molecule has 2 rings (SSSR count). The summed E-state index contributed by atoms with van der Waals surface area (Å²) < 4.78 is 0. The van der Waals surface area contributed by atoms with Crippen molar-refractivity contribution in [3.63, 3.8) is 0 Å². The van der Waals surface area contributed by atoms with E-state index in [2.05, 4.69) is 5.32 Å². The normalized spacial score (nSPS) is 10.5. The van der Waals surface area contributed by atoms with Crippen LogP contribution in [-0.2, 0) is 13.0 Å². The zero-order valence-corrected chi connectivity index (χ0v) is 12.0. The van der Waals surface area contributed by atoms with E-state index in [1.165, 1.54) is 18.2 Å². The second kappa shape index (κ2) is 7.06. The summed E-state index contributed by atoms with van der Waals surface area (Å²) in [6.45, 7) is 1.18. The molecule has 0 aliphatic carbocycles. The number of nitrogens with one attached hydrogen (secondary N) is 1. The Morgan fingerprint density at radius 2 is 1.90 bits per heavy atom. The maximum Gasteiger partial charge on any atom is 0.269 e. The first kappa shape index (κ1) is 15.3. The van der Waals surface area contributed by atoms with Crippen LogP contribution < -0.4 is 5.32 Å². The van der Waals surface area contributed by atoms with E-state index in [1.54, 1.807) is 12.1 Å². The first-order valence-corrected chi connectivity index (χ1v) is 6.85. The third-order valence-electron chi connectivity index (χ3n) is 3.08. The first-order valence-electron chi connectivity index (χ1n) is 6.47. The number of phenols is 1. The predicted molar refractivity (Wildman–Crippen MR) is 81.6 cm³/mol. The maximum absolute atomic E-state index is 10.7. The molecule has 0 amide bonds. The Labute approximate surface area is 127 Å². The number of nitrogens with zero attached hydrogens (tertiary/aromatic N) is 1. The van der Waals surface area contributed by atoms with Gasteiger partial charge in [0, 0.05) is 23.7 Å². The third-order valence-corrected chi connectivity index (χ3v) is 3.45. The van der Waals surface area contributed by atoms with Crippen molar-refractivity contribution in [2.45, 2.75) is 13.0 Å². The van der Waals surface area contributed by atoms with Gasteiger partial charge in [0.05, 0.1) is 4.92 Å². The number of hydrogen-bond donors (Lipinski definition) is 2. The van der Waals surface area contributed by atoms with E-state index in [0.29, 0.717) is 23.7 Å². The number of rotatable bonds is 6. The maximum atomic E-state index is 10.7. The fourth-order valence-electron chi connectivity index (χ4n) is 1.93. The minimum atomic E-state index is -0.434. The Bertz CT molecular complexity index is 629. The van der Waals surface area contributed by atoms with Gasteiger partial charge in [-0.25, -0.2) is 0 Å². The number of non-ortho nitro benzene ring substituents is 1. The van der Waals surface area contributed by atoms with Gasteiger partial charge in [0.2, 0.25) is 0 Å². The van der Waals surface area contributed by atoms with Gasteiger partial charge in [-0.15, -0.1) is 0 Å². The van der Waals surface area contributed by atoms with Gasteiger partial charge in [-0.2, -0.15) is 0 Å². The molecule has 0 saturated carbocycles. The highest BCUT2D eigenvalue weighted by atomic mass is 35.5. The average Bonchev–Trinajstić information content (AvgIpc) is 2.47. The van der Waals surface area contributed by atoms with Crippen molar-refractivity contribution < 1.29 is 10.0 Å². The molecule has 0 radical (unpaired) electrons. The number of hydrogen-bond acceptors (Lipinski definition) is 4. The summed E-state index contributed by atoms with van der Waals surface area (Å²) in [5.74, 6) is 0.245. The van der Waals surface area contributed by atoms with E-state index >= 15 is 0 Å². The molecule has 0 fully saturated rings. The largest absolute Gasteiger partial charge is 0.508 e. The molecule has 0 heterocycles. The molecule has 0 atom stereocenters. The summed E-state index contributed by atoms with van der Waals surface area (Å²) in [4.78, 5) is 10.3. The van der Waals surface area contributed by atoms with Gasteiger partial charge in [0.1, 0.15) is 5.75 Å². The van der Waals surface area contributed by atoms with Crippen LogP contribution in [0.2, 0.25) is 5.02 Å². The molecule has 0 aliphatic heterocycles. The molecule has 5 nitrogen and oxygen atoms in total. The van der Waals surface area contributed by atoms with E-state index in [0.717, 1.165) is 12.0 Å². The second-order valence-electron chi connectivity index (χ2n) is 4.63. The predicted octanol–water partition coefficient (Wildman–Crippen LogP) is 3.29. The van der Waals surface area contributed by atoms with Gasteiger partial charge in [-0.05, 0) is 42.3 Å². The second-order valence-corrected chi connectivity index (χ2v) is 5.03. The molecule has 0 saturated heterocycles. The number of aromatic hydroxyl groups is 1. The Morgan fingerprint density at radius 3 is 2.57 bits per heavy atom. The van der Waals surface area contributed by atoms with Gasteiger partial charge in [-0.3, -0.25) is 10.1 Å². The molecule has 21 heavy (non-hydrogen) atoms. The number of benzene rings is 2. The van der Waals surface area contributed by atoms with Crippen LogP contribution in [0.15, 0.2) is 42.5 Å². The monoisotopic (exact) mass is 306 g/mol. The summed E-state index contributed by atoms with van der Waals surface area (Å²) in [5.41, 5.74) is 1.84. The van der Waals surface area contributed by atoms with Crippen LogP contribution in [0.25, 0.3) is 0 Å². The molecule has 2 aromatic rings. The molecule has 2 aromatic carbocycles. The fraction of sp³-hybridized carbons (Fsp3) is 0.200. The molecule has 110 valence electrons. The van der Waals surface area contributed by atoms with Crippen molar-refractivity contribution in [2.75, 3.05) is 6.54 Å². The Balaban J connectivity index is 1.87. The molecular formula is C15H15ClN2O3. The Hall–Kier alpha value is -2.11. The topological polar surface area (TPSA) is 75.4 Å². The number of phenolic OH excluding ortho intramolecular Hbond substituents is 1. The summed E-state index contributed by atoms with van der Waals surface area (Å²) in [6, 6.07) is 11.4. The summed E-state index contributed by atoms with van der Waals surface area (Å²) in [6.07, 6.45) is 0.798. The van der Waals surface area contributed by atoms with Crippen molar-refractivity contribution >= 4 is 17.3 Å². The molecule has 6 heteroatoms. The summed E-state index contributed by atoms with van der Waals surface area (Å²) >= 11 is 6.02. The van der Waals surface area contributed by atoms with E-state index in [1.807, 2.05) is 12.1 Å². The van der Waals surface area contributed by atoms with Gasteiger partial charge in [-0.1, -0.05) is 23.7 Å². The lowest BCUT2D eigenvalue weighted by Gasteiger charge is -2.07. The van der Waals surface area contributed by atoms with Gasteiger partial charge in [0.25, 0.3) is 5.69 Å². The lowest BCUT2D eigenvalue weighted by molar-refractivity contribution is -0.384. The minimum absolute atomic E-state index is 0.0368. The van der Waals surface area contributed by atoms with Crippen molar-refractivity contribution in [3.8, 4) is 5.75 Å². The van der Waals surface area contributed by atoms with Gasteiger partial charge >= 0.3 is 0 Å². The molecule has 0 aliphatic rings. The van der Waals surface area contributed by atoms with Crippen LogP contribution in [0, 0.1) is 10.1 Å². The van der Waals surface area contributed by atoms with Crippen molar-refractivity contribution in [1.29, 1.82) is 0 Å². The van der Waals surface area contributed by atoms with E-state index in [4.69, 9.17) is 11.6 Å². The SMILES string of the molecule is O=[N+]([O-])c1ccc(Cl)c(CNCCc2ccc(O)cc2)c1. The molecule has 0 bridgehead atoms. The van der Waals surface area contributed by atoms with Crippen LogP contribution in [0.5, 0.6) is 5.75 Å². The molecular weight excluding hydrogens is 292 g/mol.